The molecule has 0 N–H and O–H groups in total. The van der Waals surface area contributed by atoms with Crippen molar-refractivity contribution < 1.29 is 4.74 Å². The minimum absolute atomic E-state index is 0.140. The molecule has 0 amide bonds. The van der Waals surface area contributed by atoms with Crippen molar-refractivity contribution in [2.45, 2.75) is 38.7 Å². The number of hydrogen-bond donors (Lipinski definition) is 0. The van der Waals surface area contributed by atoms with E-state index in [9.17, 15) is 0 Å². The average molecular weight is 335 g/mol. The molecule has 1 atom stereocenters. The number of fused-ring (bicyclic) bond motifs is 1. The molecule has 1 saturated carbocycles. The van der Waals surface area contributed by atoms with Crippen LogP contribution in [0.2, 0.25) is 5.02 Å². The number of ether oxygens (including phenoxy) is 1. The zero-order chi connectivity index (χ0) is 15.3. The molecule has 0 radical (unpaired) electrons. The fourth-order valence-corrected chi connectivity index (χ4v) is 3.45. The fourth-order valence-electron chi connectivity index (χ4n) is 2.39. The van der Waals surface area contributed by atoms with Crippen LogP contribution in [-0.2, 0) is 0 Å². The van der Waals surface area contributed by atoms with E-state index in [0.29, 0.717) is 10.9 Å². The van der Waals surface area contributed by atoms with Crippen LogP contribution in [0.1, 0.15) is 48.2 Å². The maximum atomic E-state index is 6.03. The van der Waals surface area contributed by atoms with Gasteiger partial charge in [-0.15, -0.1) is 10.2 Å². The van der Waals surface area contributed by atoms with E-state index in [1.54, 1.807) is 0 Å². The van der Waals surface area contributed by atoms with Crippen LogP contribution in [0.3, 0.4) is 0 Å². The summed E-state index contributed by atoms with van der Waals surface area (Å²) >= 11 is 7.50. The van der Waals surface area contributed by atoms with Gasteiger partial charge in [0.15, 0.2) is 10.8 Å². The third-order valence-corrected chi connectivity index (χ3v) is 5.06. The van der Waals surface area contributed by atoms with Crippen molar-refractivity contribution >= 4 is 27.9 Å². The second-order valence-corrected chi connectivity index (χ2v) is 7.06. The molecule has 5 nitrogen and oxygen atoms in total. The van der Waals surface area contributed by atoms with Crippen molar-refractivity contribution in [3.8, 4) is 5.75 Å². The Morgan fingerprint density at radius 1 is 1.36 bits per heavy atom. The summed E-state index contributed by atoms with van der Waals surface area (Å²) < 4.78 is 7.90. The van der Waals surface area contributed by atoms with Crippen LogP contribution in [0.4, 0.5) is 0 Å². The first kappa shape index (κ1) is 14.0. The summed E-state index contributed by atoms with van der Waals surface area (Å²) in [4.78, 5) is 0.833. The van der Waals surface area contributed by atoms with Crippen LogP contribution in [0.25, 0.3) is 4.96 Å². The summed E-state index contributed by atoms with van der Waals surface area (Å²) in [7, 11) is 0. The summed E-state index contributed by atoms with van der Waals surface area (Å²) in [5, 5.41) is 14.7. The summed E-state index contributed by atoms with van der Waals surface area (Å²) in [5.41, 5.74) is 1.01. The maximum absolute atomic E-state index is 6.03. The molecule has 2 aromatic heterocycles. The van der Waals surface area contributed by atoms with E-state index in [2.05, 4.69) is 15.3 Å². The summed E-state index contributed by atoms with van der Waals surface area (Å²) in [5.74, 6) is 2.33. The van der Waals surface area contributed by atoms with Gasteiger partial charge in [0.2, 0.25) is 4.96 Å². The number of rotatable bonds is 4. The fraction of sp³-hybridized carbons (Fsp3) is 0.400. The minimum Gasteiger partial charge on any atom is -0.483 e. The van der Waals surface area contributed by atoms with Gasteiger partial charge in [-0.05, 0) is 50.5 Å². The Bertz CT molecular complexity index is 839. The zero-order valence-corrected chi connectivity index (χ0v) is 13.9. The van der Waals surface area contributed by atoms with Crippen LogP contribution >= 0.6 is 22.9 Å². The van der Waals surface area contributed by atoms with Crippen LogP contribution in [0.5, 0.6) is 5.75 Å². The monoisotopic (exact) mass is 334 g/mol. The Hall–Kier alpha value is -1.66. The first-order valence-electron chi connectivity index (χ1n) is 7.26. The lowest BCUT2D eigenvalue weighted by Crippen LogP contribution is -2.05. The molecule has 3 aromatic rings. The van der Waals surface area contributed by atoms with Crippen LogP contribution in [0.15, 0.2) is 18.2 Å². The highest BCUT2D eigenvalue weighted by Crippen LogP contribution is 2.39. The molecule has 0 aliphatic heterocycles. The van der Waals surface area contributed by atoms with Crippen LogP contribution < -0.4 is 4.74 Å². The first-order valence-corrected chi connectivity index (χ1v) is 8.46. The van der Waals surface area contributed by atoms with E-state index >= 15 is 0 Å². The lowest BCUT2D eigenvalue weighted by atomic mass is 10.2. The Labute approximate surface area is 136 Å². The van der Waals surface area contributed by atoms with Gasteiger partial charge >= 0.3 is 0 Å². The lowest BCUT2D eigenvalue weighted by Gasteiger charge is -2.14. The highest BCUT2D eigenvalue weighted by Gasteiger charge is 2.30. The quantitative estimate of drug-likeness (QED) is 0.718. The molecule has 2 heterocycles. The maximum Gasteiger partial charge on any atom is 0.234 e. The van der Waals surface area contributed by atoms with Crippen molar-refractivity contribution in [1.29, 1.82) is 0 Å². The molecule has 4 rings (SSSR count). The van der Waals surface area contributed by atoms with Crippen molar-refractivity contribution in [3.05, 3.63) is 39.6 Å². The Balaban J connectivity index is 1.60. The molecule has 1 aliphatic rings. The van der Waals surface area contributed by atoms with Gasteiger partial charge in [-0.25, -0.2) is 0 Å². The largest absolute Gasteiger partial charge is 0.483 e. The number of hydrogen-bond acceptors (Lipinski definition) is 5. The van der Waals surface area contributed by atoms with Gasteiger partial charge in [0.25, 0.3) is 0 Å². The standard InChI is InChI=1S/C15H15ClN4OS/c1-8-7-11(16)5-6-12(8)21-9(2)14-19-20-13(10-3-4-10)17-18-15(20)22-14/h5-7,9-10H,3-4H2,1-2H3/t9-/m0/s1. The number of nitrogens with zero attached hydrogens (tertiary/aromatic N) is 4. The van der Waals surface area contributed by atoms with Crippen LogP contribution in [0, 0.1) is 6.92 Å². The molecule has 1 aliphatic carbocycles. The third-order valence-electron chi connectivity index (χ3n) is 3.76. The number of aryl methyl sites for hydroxylation is 1. The number of halogens is 1. The molecule has 0 unspecified atom stereocenters. The Kier molecular flexibility index (Phi) is 3.31. The Morgan fingerprint density at radius 3 is 2.91 bits per heavy atom. The van der Waals surface area contributed by atoms with Gasteiger partial charge in [0, 0.05) is 10.9 Å². The van der Waals surface area contributed by atoms with Crippen molar-refractivity contribution in [2.75, 3.05) is 0 Å². The minimum atomic E-state index is -0.140. The van der Waals surface area contributed by atoms with Gasteiger partial charge in [-0.1, -0.05) is 22.9 Å². The predicted molar refractivity (Wildman–Crippen MR) is 85.9 cm³/mol. The average Bonchev–Trinajstić information content (AvgIpc) is 3.10. The molecule has 0 bridgehead atoms. The van der Waals surface area contributed by atoms with Crippen molar-refractivity contribution in [1.82, 2.24) is 19.8 Å². The van der Waals surface area contributed by atoms with Crippen molar-refractivity contribution in [3.63, 3.8) is 0 Å². The normalized spacial score (nSPS) is 16.1. The summed E-state index contributed by atoms with van der Waals surface area (Å²) in [6.07, 6.45) is 2.23. The van der Waals surface area contributed by atoms with Gasteiger partial charge < -0.3 is 4.74 Å². The van der Waals surface area contributed by atoms with Gasteiger partial charge in [-0.2, -0.15) is 9.61 Å². The van der Waals surface area contributed by atoms with Gasteiger partial charge in [-0.3, -0.25) is 0 Å². The molecule has 1 aromatic carbocycles. The SMILES string of the molecule is Cc1cc(Cl)ccc1O[C@@H](C)c1nn2c(C3CC3)nnc2s1. The van der Waals surface area contributed by atoms with E-state index in [4.69, 9.17) is 16.3 Å². The second kappa shape index (κ2) is 5.21. The number of aromatic nitrogens is 4. The van der Waals surface area contributed by atoms with Crippen molar-refractivity contribution in [2.24, 2.45) is 0 Å². The van der Waals surface area contributed by atoms with Crippen LogP contribution in [-0.4, -0.2) is 19.8 Å². The van der Waals surface area contributed by atoms with E-state index in [-0.39, 0.29) is 6.10 Å². The number of benzene rings is 1. The molecule has 0 spiro atoms. The van der Waals surface area contributed by atoms with E-state index in [1.807, 2.05) is 36.6 Å². The molecular formula is C15H15ClN4OS. The van der Waals surface area contributed by atoms with Gasteiger partial charge in [0.1, 0.15) is 11.9 Å². The first-order chi connectivity index (χ1) is 10.6. The summed E-state index contributed by atoms with van der Waals surface area (Å²) in [6, 6.07) is 5.62. The molecule has 114 valence electrons. The van der Waals surface area contributed by atoms with E-state index in [1.165, 1.54) is 24.2 Å². The summed E-state index contributed by atoms with van der Waals surface area (Å²) in [6.45, 7) is 3.98. The smallest absolute Gasteiger partial charge is 0.234 e. The second-order valence-electron chi connectivity index (χ2n) is 5.64. The topological polar surface area (TPSA) is 52.3 Å². The lowest BCUT2D eigenvalue weighted by molar-refractivity contribution is 0.223. The van der Waals surface area contributed by atoms with E-state index in [0.717, 1.165) is 27.1 Å². The predicted octanol–water partition coefficient (Wildman–Crippen LogP) is 4.17. The highest BCUT2D eigenvalue weighted by atomic mass is 35.5. The van der Waals surface area contributed by atoms with E-state index < -0.39 is 0 Å². The molecule has 1 fully saturated rings. The molecule has 22 heavy (non-hydrogen) atoms. The molecular weight excluding hydrogens is 320 g/mol. The Morgan fingerprint density at radius 2 is 2.18 bits per heavy atom. The molecule has 0 saturated heterocycles. The zero-order valence-electron chi connectivity index (χ0n) is 12.3. The molecule has 7 heteroatoms. The van der Waals surface area contributed by atoms with Gasteiger partial charge in [0.05, 0.1) is 0 Å². The third kappa shape index (κ3) is 2.46. The highest BCUT2D eigenvalue weighted by molar-refractivity contribution is 7.16.